The van der Waals surface area contributed by atoms with Crippen LogP contribution in [0.4, 0.5) is 0 Å². The van der Waals surface area contributed by atoms with Crippen LogP contribution in [-0.2, 0) is 0 Å². The Bertz CT molecular complexity index is 2490. The molecule has 0 bridgehead atoms. The Labute approximate surface area is 252 Å². The molecule has 206 valence electrons. The smallest absolute Gasteiger partial charge is 0.160 e. The van der Waals surface area contributed by atoms with Crippen molar-refractivity contribution in [1.82, 2.24) is 19.5 Å². The summed E-state index contributed by atoms with van der Waals surface area (Å²) in [6.45, 7) is 0. The lowest BCUT2D eigenvalue weighted by Crippen LogP contribution is -1.98. The van der Waals surface area contributed by atoms with Gasteiger partial charge in [-0.3, -0.25) is 4.57 Å². The number of nitrogens with zero attached hydrogens (tertiary/aromatic N) is 4. The monoisotopic (exact) mass is 564 g/mol. The van der Waals surface area contributed by atoms with Gasteiger partial charge in [-0.1, -0.05) is 97.1 Å². The SMILES string of the molecule is c1ccc(-c2nc(-c3cccc(-c4nc5ccccc5n4-c4ccccc4)c3)nc3ccc4oc5ccccc5c4c23)cc1. The fourth-order valence-corrected chi connectivity index (χ4v) is 6.23. The molecule has 0 N–H and O–H groups in total. The normalized spacial score (nSPS) is 11.6. The van der Waals surface area contributed by atoms with E-state index in [1.165, 1.54) is 0 Å². The van der Waals surface area contributed by atoms with Crippen molar-refractivity contribution in [3.05, 3.63) is 146 Å². The number of benzene rings is 6. The van der Waals surface area contributed by atoms with E-state index in [0.29, 0.717) is 5.82 Å². The van der Waals surface area contributed by atoms with E-state index in [0.717, 1.165) is 77.8 Å². The number of para-hydroxylation sites is 4. The second-order valence-electron chi connectivity index (χ2n) is 10.9. The number of imidazole rings is 1. The molecule has 0 unspecified atom stereocenters. The predicted octanol–water partition coefficient (Wildman–Crippen LogP) is 9.87. The third kappa shape index (κ3) is 3.83. The highest BCUT2D eigenvalue weighted by atomic mass is 16.3. The summed E-state index contributed by atoms with van der Waals surface area (Å²) in [4.78, 5) is 15.5. The molecule has 9 rings (SSSR count). The first kappa shape index (κ1) is 24.5. The fraction of sp³-hybridized carbons (Fsp3) is 0. The van der Waals surface area contributed by atoms with Crippen LogP contribution in [0.3, 0.4) is 0 Å². The van der Waals surface area contributed by atoms with Gasteiger partial charge in [-0.2, -0.15) is 0 Å². The minimum atomic E-state index is 0.660. The Morgan fingerprint density at radius 1 is 0.477 bits per heavy atom. The maximum absolute atomic E-state index is 6.24. The predicted molar refractivity (Wildman–Crippen MR) is 178 cm³/mol. The highest BCUT2D eigenvalue weighted by Crippen LogP contribution is 2.39. The van der Waals surface area contributed by atoms with Crippen molar-refractivity contribution in [2.45, 2.75) is 0 Å². The van der Waals surface area contributed by atoms with Crippen molar-refractivity contribution < 1.29 is 4.42 Å². The van der Waals surface area contributed by atoms with Crippen molar-refractivity contribution >= 4 is 43.9 Å². The van der Waals surface area contributed by atoms with Crippen LogP contribution >= 0.6 is 0 Å². The lowest BCUT2D eigenvalue weighted by atomic mass is 10.0. The molecule has 0 fully saturated rings. The third-order valence-electron chi connectivity index (χ3n) is 8.20. The largest absolute Gasteiger partial charge is 0.456 e. The van der Waals surface area contributed by atoms with E-state index in [9.17, 15) is 0 Å². The zero-order valence-corrected chi connectivity index (χ0v) is 23.6. The molecule has 0 spiro atoms. The van der Waals surface area contributed by atoms with Gasteiger partial charge in [0.25, 0.3) is 0 Å². The highest BCUT2D eigenvalue weighted by molar-refractivity contribution is 6.21. The number of furan rings is 1. The molecule has 0 atom stereocenters. The lowest BCUT2D eigenvalue weighted by molar-refractivity contribution is 0.669. The Balaban J connectivity index is 1.29. The first-order chi connectivity index (χ1) is 21.8. The molecule has 44 heavy (non-hydrogen) atoms. The zero-order chi connectivity index (χ0) is 29.0. The van der Waals surface area contributed by atoms with Crippen molar-refractivity contribution in [3.8, 4) is 39.7 Å². The van der Waals surface area contributed by atoms with E-state index >= 15 is 0 Å². The molecular formula is C39H24N4O. The molecule has 0 saturated carbocycles. The third-order valence-corrected chi connectivity index (χ3v) is 8.20. The summed E-state index contributed by atoms with van der Waals surface area (Å²) in [7, 11) is 0. The molecule has 3 aromatic heterocycles. The van der Waals surface area contributed by atoms with Crippen molar-refractivity contribution in [3.63, 3.8) is 0 Å². The van der Waals surface area contributed by atoms with Crippen molar-refractivity contribution in [2.24, 2.45) is 0 Å². The first-order valence-corrected chi connectivity index (χ1v) is 14.6. The second-order valence-corrected chi connectivity index (χ2v) is 10.9. The molecular weight excluding hydrogens is 540 g/mol. The van der Waals surface area contributed by atoms with Gasteiger partial charge in [0.05, 0.1) is 22.2 Å². The molecule has 9 aromatic rings. The summed E-state index contributed by atoms with van der Waals surface area (Å²) in [5.41, 5.74) is 9.44. The van der Waals surface area contributed by atoms with Gasteiger partial charge in [-0.25, -0.2) is 15.0 Å². The maximum atomic E-state index is 6.24. The lowest BCUT2D eigenvalue weighted by Gasteiger charge is -2.12. The van der Waals surface area contributed by atoms with Crippen LogP contribution in [0.5, 0.6) is 0 Å². The van der Waals surface area contributed by atoms with Gasteiger partial charge >= 0.3 is 0 Å². The summed E-state index contributed by atoms with van der Waals surface area (Å²) in [6, 6.07) is 49.5. The number of rotatable bonds is 4. The van der Waals surface area contributed by atoms with E-state index in [4.69, 9.17) is 19.4 Å². The molecule has 5 heteroatoms. The van der Waals surface area contributed by atoms with Crippen LogP contribution in [0.1, 0.15) is 0 Å². The van der Waals surface area contributed by atoms with Crippen LogP contribution in [0.25, 0.3) is 83.6 Å². The molecule has 0 amide bonds. The van der Waals surface area contributed by atoms with Crippen LogP contribution in [-0.4, -0.2) is 19.5 Å². The second kappa shape index (κ2) is 9.75. The average molecular weight is 565 g/mol. The Morgan fingerprint density at radius 3 is 2.09 bits per heavy atom. The van der Waals surface area contributed by atoms with Crippen LogP contribution in [0.2, 0.25) is 0 Å². The fourth-order valence-electron chi connectivity index (χ4n) is 6.23. The van der Waals surface area contributed by atoms with Crippen LogP contribution in [0.15, 0.2) is 150 Å². The topological polar surface area (TPSA) is 56.7 Å². The number of hydrogen-bond donors (Lipinski definition) is 0. The average Bonchev–Trinajstić information content (AvgIpc) is 3.68. The summed E-state index contributed by atoms with van der Waals surface area (Å²) < 4.78 is 8.45. The van der Waals surface area contributed by atoms with Gasteiger partial charge in [-0.15, -0.1) is 0 Å². The standard InChI is InChI=1S/C39H24N4O/c1-3-12-25(13-4-1)37-36-31(22-23-34-35(36)29-18-7-10-21-33(29)44-34)40-38(42-37)26-14-11-15-27(24-26)39-41-30-19-8-9-20-32(30)43(39)28-16-5-2-6-17-28/h1-24H. The summed E-state index contributed by atoms with van der Waals surface area (Å²) in [6.07, 6.45) is 0. The molecule has 3 heterocycles. The van der Waals surface area contributed by atoms with Gasteiger partial charge in [0, 0.05) is 38.5 Å². The minimum absolute atomic E-state index is 0.660. The summed E-state index contributed by atoms with van der Waals surface area (Å²) >= 11 is 0. The summed E-state index contributed by atoms with van der Waals surface area (Å²) in [5.74, 6) is 1.53. The zero-order valence-electron chi connectivity index (χ0n) is 23.6. The quantitative estimate of drug-likeness (QED) is 0.213. The van der Waals surface area contributed by atoms with E-state index in [1.807, 2.05) is 60.7 Å². The Morgan fingerprint density at radius 2 is 1.20 bits per heavy atom. The number of fused-ring (bicyclic) bond motifs is 6. The molecule has 0 radical (unpaired) electrons. The Hall–Kier alpha value is -6.07. The number of hydrogen-bond acceptors (Lipinski definition) is 4. The van der Waals surface area contributed by atoms with Gasteiger partial charge in [0.1, 0.15) is 17.0 Å². The van der Waals surface area contributed by atoms with E-state index in [-0.39, 0.29) is 0 Å². The highest BCUT2D eigenvalue weighted by Gasteiger charge is 2.19. The molecule has 0 aliphatic heterocycles. The Kier molecular flexibility index (Phi) is 5.43. The van der Waals surface area contributed by atoms with Crippen molar-refractivity contribution in [2.75, 3.05) is 0 Å². The van der Waals surface area contributed by atoms with Gasteiger partial charge in [-0.05, 0) is 48.5 Å². The van der Waals surface area contributed by atoms with Crippen LogP contribution in [0, 0.1) is 0 Å². The molecule has 0 aliphatic rings. The molecule has 0 aliphatic carbocycles. The molecule has 5 nitrogen and oxygen atoms in total. The maximum Gasteiger partial charge on any atom is 0.160 e. The summed E-state index contributed by atoms with van der Waals surface area (Å²) in [5, 5.41) is 3.08. The van der Waals surface area contributed by atoms with Crippen molar-refractivity contribution in [1.29, 1.82) is 0 Å². The minimum Gasteiger partial charge on any atom is -0.456 e. The van der Waals surface area contributed by atoms with Gasteiger partial charge in [0.2, 0.25) is 0 Å². The van der Waals surface area contributed by atoms with Gasteiger partial charge in [0.15, 0.2) is 5.82 Å². The van der Waals surface area contributed by atoms with Crippen LogP contribution < -0.4 is 0 Å². The molecule has 0 saturated heterocycles. The first-order valence-electron chi connectivity index (χ1n) is 14.6. The van der Waals surface area contributed by atoms with Gasteiger partial charge < -0.3 is 4.42 Å². The van der Waals surface area contributed by atoms with E-state index < -0.39 is 0 Å². The van der Waals surface area contributed by atoms with E-state index in [2.05, 4.69) is 89.5 Å². The number of aromatic nitrogens is 4. The van der Waals surface area contributed by atoms with E-state index in [1.54, 1.807) is 0 Å². The molecule has 6 aromatic carbocycles.